The number of carboxylic acids is 1. The van der Waals surface area contributed by atoms with Gasteiger partial charge in [-0.05, 0) is 61.4 Å². The SMILES string of the molecule is Cc1ccc(NC(=O)c2ccc(NC(=O)/C=C\C(=O)O)cc2)cc1C. The van der Waals surface area contributed by atoms with Crippen LogP contribution in [0.5, 0.6) is 0 Å². The lowest BCUT2D eigenvalue weighted by Crippen LogP contribution is -2.13. The third kappa shape index (κ3) is 5.31. The van der Waals surface area contributed by atoms with Gasteiger partial charge in [0.05, 0.1) is 0 Å². The van der Waals surface area contributed by atoms with Gasteiger partial charge in [0.25, 0.3) is 5.91 Å². The van der Waals surface area contributed by atoms with Crippen LogP contribution in [0.2, 0.25) is 0 Å². The van der Waals surface area contributed by atoms with Gasteiger partial charge in [0.1, 0.15) is 0 Å². The fraction of sp³-hybridized carbons (Fsp3) is 0.105. The number of benzene rings is 2. The van der Waals surface area contributed by atoms with E-state index in [1.54, 1.807) is 24.3 Å². The van der Waals surface area contributed by atoms with Gasteiger partial charge in [-0.15, -0.1) is 0 Å². The lowest BCUT2D eigenvalue weighted by atomic mass is 10.1. The van der Waals surface area contributed by atoms with Crippen LogP contribution in [0, 0.1) is 13.8 Å². The molecule has 0 fully saturated rings. The highest BCUT2D eigenvalue weighted by atomic mass is 16.4. The first kappa shape index (κ1) is 17.9. The molecule has 3 N–H and O–H groups in total. The number of hydrogen-bond donors (Lipinski definition) is 3. The minimum atomic E-state index is -1.20. The Morgan fingerprint density at radius 1 is 0.840 bits per heavy atom. The number of amides is 2. The van der Waals surface area contributed by atoms with Crippen LogP contribution in [0.25, 0.3) is 0 Å². The van der Waals surface area contributed by atoms with Crippen molar-refractivity contribution in [2.45, 2.75) is 13.8 Å². The standard InChI is InChI=1S/C19H18N2O4/c1-12-3-6-16(11-13(12)2)21-19(25)14-4-7-15(8-5-14)20-17(22)9-10-18(23)24/h3-11H,1-2H3,(H,20,22)(H,21,25)(H,23,24)/b10-9-. The predicted octanol–water partition coefficient (Wildman–Crippen LogP) is 3.14. The first-order valence-electron chi connectivity index (χ1n) is 7.56. The molecule has 6 heteroatoms. The number of aliphatic carboxylic acids is 1. The van der Waals surface area contributed by atoms with Crippen molar-refractivity contribution in [2.75, 3.05) is 10.6 Å². The highest BCUT2D eigenvalue weighted by Crippen LogP contribution is 2.16. The van der Waals surface area contributed by atoms with Crippen molar-refractivity contribution >= 4 is 29.2 Å². The van der Waals surface area contributed by atoms with Gasteiger partial charge in [0.2, 0.25) is 5.91 Å². The molecule has 0 radical (unpaired) electrons. The Balaban J connectivity index is 2.01. The zero-order valence-electron chi connectivity index (χ0n) is 13.9. The molecular formula is C19H18N2O4. The van der Waals surface area contributed by atoms with Crippen molar-refractivity contribution in [3.8, 4) is 0 Å². The number of aryl methyl sites for hydroxylation is 2. The molecule has 2 aromatic carbocycles. The van der Waals surface area contributed by atoms with Crippen LogP contribution in [-0.4, -0.2) is 22.9 Å². The van der Waals surface area contributed by atoms with E-state index in [2.05, 4.69) is 10.6 Å². The molecule has 25 heavy (non-hydrogen) atoms. The van der Waals surface area contributed by atoms with Crippen LogP contribution in [0.3, 0.4) is 0 Å². The predicted molar refractivity (Wildman–Crippen MR) is 95.7 cm³/mol. The number of nitrogens with one attached hydrogen (secondary N) is 2. The van der Waals surface area contributed by atoms with E-state index < -0.39 is 11.9 Å². The molecule has 2 rings (SSSR count). The smallest absolute Gasteiger partial charge is 0.328 e. The van der Waals surface area contributed by atoms with Crippen LogP contribution in [0.4, 0.5) is 11.4 Å². The lowest BCUT2D eigenvalue weighted by molar-refractivity contribution is -0.131. The van der Waals surface area contributed by atoms with Crippen molar-refractivity contribution in [3.05, 3.63) is 71.3 Å². The molecule has 0 aliphatic heterocycles. The van der Waals surface area contributed by atoms with Gasteiger partial charge in [-0.2, -0.15) is 0 Å². The van der Waals surface area contributed by atoms with Gasteiger partial charge in [-0.25, -0.2) is 4.79 Å². The Labute approximate surface area is 145 Å². The second-order valence-electron chi connectivity index (χ2n) is 5.49. The highest BCUT2D eigenvalue weighted by Gasteiger charge is 2.07. The minimum absolute atomic E-state index is 0.257. The van der Waals surface area contributed by atoms with Gasteiger partial charge in [-0.3, -0.25) is 9.59 Å². The largest absolute Gasteiger partial charge is 0.478 e. The average Bonchev–Trinajstić information content (AvgIpc) is 2.57. The molecular weight excluding hydrogens is 320 g/mol. The van der Waals surface area contributed by atoms with E-state index in [-0.39, 0.29) is 5.91 Å². The molecule has 128 valence electrons. The molecule has 0 unspecified atom stereocenters. The maximum absolute atomic E-state index is 12.2. The molecule has 0 atom stereocenters. The van der Waals surface area contributed by atoms with Gasteiger partial charge in [-0.1, -0.05) is 6.07 Å². The summed E-state index contributed by atoms with van der Waals surface area (Å²) in [6.07, 6.45) is 1.67. The van der Waals surface area contributed by atoms with Crippen LogP contribution in [0.15, 0.2) is 54.6 Å². The van der Waals surface area contributed by atoms with E-state index in [1.807, 2.05) is 32.0 Å². The van der Waals surface area contributed by atoms with Crippen molar-refractivity contribution < 1.29 is 19.5 Å². The van der Waals surface area contributed by atoms with E-state index in [0.29, 0.717) is 16.9 Å². The van der Waals surface area contributed by atoms with Gasteiger partial charge < -0.3 is 15.7 Å². The number of carbonyl (C=O) groups excluding carboxylic acids is 2. The first-order chi connectivity index (χ1) is 11.8. The van der Waals surface area contributed by atoms with Crippen LogP contribution in [-0.2, 0) is 9.59 Å². The Hall–Kier alpha value is -3.41. The molecule has 0 aliphatic rings. The number of hydrogen-bond acceptors (Lipinski definition) is 3. The van der Waals surface area contributed by atoms with Crippen molar-refractivity contribution in [1.29, 1.82) is 0 Å². The van der Waals surface area contributed by atoms with E-state index in [0.717, 1.165) is 23.3 Å². The molecule has 0 bridgehead atoms. The minimum Gasteiger partial charge on any atom is -0.478 e. The molecule has 2 amide bonds. The molecule has 0 heterocycles. The summed E-state index contributed by atoms with van der Waals surface area (Å²) in [5, 5.41) is 13.8. The number of rotatable bonds is 5. The zero-order chi connectivity index (χ0) is 18.4. The fourth-order valence-corrected chi connectivity index (χ4v) is 2.06. The van der Waals surface area contributed by atoms with E-state index >= 15 is 0 Å². The summed E-state index contributed by atoms with van der Waals surface area (Å²) in [5.41, 5.74) is 3.85. The molecule has 6 nitrogen and oxygen atoms in total. The summed E-state index contributed by atoms with van der Waals surface area (Å²) >= 11 is 0. The number of anilines is 2. The quantitative estimate of drug-likeness (QED) is 0.730. The van der Waals surface area contributed by atoms with Crippen molar-refractivity contribution in [3.63, 3.8) is 0 Å². The molecule has 0 aliphatic carbocycles. The van der Waals surface area contributed by atoms with E-state index in [9.17, 15) is 14.4 Å². The Bertz CT molecular complexity index is 839. The van der Waals surface area contributed by atoms with Gasteiger partial charge >= 0.3 is 5.97 Å². The highest BCUT2D eigenvalue weighted by molar-refractivity contribution is 6.05. The number of carbonyl (C=O) groups is 3. The summed E-state index contributed by atoms with van der Waals surface area (Å²) in [6.45, 7) is 3.97. The summed E-state index contributed by atoms with van der Waals surface area (Å²) in [5.74, 6) is -2.02. The third-order valence-electron chi connectivity index (χ3n) is 3.56. The van der Waals surface area contributed by atoms with E-state index in [4.69, 9.17) is 5.11 Å². The van der Waals surface area contributed by atoms with Gasteiger partial charge in [0, 0.05) is 29.1 Å². The average molecular weight is 338 g/mol. The van der Waals surface area contributed by atoms with Crippen LogP contribution in [0.1, 0.15) is 21.5 Å². The molecule has 2 aromatic rings. The van der Waals surface area contributed by atoms with Crippen LogP contribution >= 0.6 is 0 Å². The normalized spacial score (nSPS) is 10.5. The molecule has 0 saturated heterocycles. The van der Waals surface area contributed by atoms with Gasteiger partial charge in [0.15, 0.2) is 0 Å². The maximum atomic E-state index is 12.2. The molecule has 0 spiro atoms. The second-order valence-corrected chi connectivity index (χ2v) is 5.49. The van der Waals surface area contributed by atoms with Crippen LogP contribution < -0.4 is 10.6 Å². The summed E-state index contributed by atoms with van der Waals surface area (Å²) in [7, 11) is 0. The Morgan fingerprint density at radius 2 is 1.48 bits per heavy atom. The monoisotopic (exact) mass is 338 g/mol. The topological polar surface area (TPSA) is 95.5 Å². The summed E-state index contributed by atoms with van der Waals surface area (Å²) in [4.78, 5) is 34.1. The lowest BCUT2D eigenvalue weighted by Gasteiger charge is -2.08. The van der Waals surface area contributed by atoms with Crippen molar-refractivity contribution in [2.24, 2.45) is 0 Å². The summed E-state index contributed by atoms with van der Waals surface area (Å²) in [6, 6.07) is 12.0. The Kier molecular flexibility index (Phi) is 5.68. The molecule has 0 saturated carbocycles. The third-order valence-corrected chi connectivity index (χ3v) is 3.56. The summed E-state index contributed by atoms with van der Waals surface area (Å²) < 4.78 is 0. The maximum Gasteiger partial charge on any atom is 0.328 e. The van der Waals surface area contributed by atoms with Crippen molar-refractivity contribution in [1.82, 2.24) is 0 Å². The zero-order valence-corrected chi connectivity index (χ0v) is 13.9. The second kappa shape index (κ2) is 7.92. The molecule has 0 aromatic heterocycles. The van der Waals surface area contributed by atoms with E-state index in [1.165, 1.54) is 0 Å². The Morgan fingerprint density at radius 3 is 2.08 bits per heavy atom. The first-order valence-corrected chi connectivity index (χ1v) is 7.56. The number of carboxylic acid groups (broad SMARTS) is 1. The fourth-order valence-electron chi connectivity index (χ4n) is 2.06.